The van der Waals surface area contributed by atoms with Gasteiger partial charge in [-0.3, -0.25) is 9.69 Å². The molecule has 104 valence electrons. The Bertz CT molecular complexity index is 467. The lowest BCUT2D eigenvalue weighted by Gasteiger charge is -2.44. The molecule has 0 saturated carbocycles. The SMILES string of the molecule is CC1CN(C)C(CC(=O)O)CN1c1cccc(F)c1. The summed E-state index contributed by atoms with van der Waals surface area (Å²) in [5.74, 6) is -1.07. The molecule has 0 spiro atoms. The Hall–Kier alpha value is -1.62. The third kappa shape index (κ3) is 3.23. The Labute approximate surface area is 112 Å². The Kier molecular flexibility index (Phi) is 4.04. The van der Waals surface area contributed by atoms with Gasteiger partial charge in [-0.2, -0.15) is 0 Å². The average molecular weight is 266 g/mol. The molecule has 0 radical (unpaired) electrons. The molecular formula is C14H19FN2O2. The van der Waals surface area contributed by atoms with Crippen LogP contribution < -0.4 is 4.90 Å². The smallest absolute Gasteiger partial charge is 0.305 e. The molecule has 1 aromatic rings. The number of aliphatic carboxylic acids is 1. The Morgan fingerprint density at radius 1 is 1.47 bits per heavy atom. The zero-order valence-electron chi connectivity index (χ0n) is 11.2. The number of anilines is 1. The van der Waals surface area contributed by atoms with Crippen molar-refractivity contribution in [2.75, 3.05) is 25.0 Å². The number of rotatable bonds is 3. The Morgan fingerprint density at radius 3 is 2.84 bits per heavy atom. The first-order valence-electron chi connectivity index (χ1n) is 6.41. The van der Waals surface area contributed by atoms with E-state index >= 15 is 0 Å². The summed E-state index contributed by atoms with van der Waals surface area (Å²) in [5, 5.41) is 8.95. The van der Waals surface area contributed by atoms with Crippen molar-refractivity contribution >= 4 is 11.7 Å². The van der Waals surface area contributed by atoms with Gasteiger partial charge in [-0.15, -0.1) is 0 Å². The summed E-state index contributed by atoms with van der Waals surface area (Å²) in [6.45, 7) is 3.44. The Balaban J connectivity index is 2.17. The van der Waals surface area contributed by atoms with Gasteiger partial charge < -0.3 is 10.0 Å². The topological polar surface area (TPSA) is 43.8 Å². The number of hydrogen-bond acceptors (Lipinski definition) is 3. The van der Waals surface area contributed by atoms with Crippen LogP contribution in [0.15, 0.2) is 24.3 Å². The van der Waals surface area contributed by atoms with E-state index in [2.05, 4.69) is 16.7 Å². The zero-order chi connectivity index (χ0) is 14.0. The van der Waals surface area contributed by atoms with Gasteiger partial charge in [-0.1, -0.05) is 6.07 Å². The predicted octanol–water partition coefficient (Wildman–Crippen LogP) is 1.81. The van der Waals surface area contributed by atoms with Gasteiger partial charge >= 0.3 is 5.97 Å². The lowest BCUT2D eigenvalue weighted by atomic mass is 10.0. The number of piperazine rings is 1. The van der Waals surface area contributed by atoms with Crippen LogP contribution in [0.5, 0.6) is 0 Å². The molecule has 2 rings (SSSR count). The number of likely N-dealkylation sites (N-methyl/N-ethyl adjacent to an activating group) is 1. The molecular weight excluding hydrogens is 247 g/mol. The van der Waals surface area contributed by atoms with E-state index in [1.54, 1.807) is 6.07 Å². The van der Waals surface area contributed by atoms with Crippen LogP contribution in [-0.2, 0) is 4.79 Å². The van der Waals surface area contributed by atoms with Gasteiger partial charge in [-0.05, 0) is 32.2 Å². The normalized spacial score (nSPS) is 24.5. The highest BCUT2D eigenvalue weighted by Gasteiger charge is 2.30. The first-order chi connectivity index (χ1) is 8.97. The van der Waals surface area contributed by atoms with Crippen LogP contribution in [0.4, 0.5) is 10.1 Å². The third-order valence-corrected chi connectivity index (χ3v) is 3.67. The highest BCUT2D eigenvalue weighted by atomic mass is 19.1. The van der Waals surface area contributed by atoms with Crippen molar-refractivity contribution in [3.8, 4) is 0 Å². The first-order valence-corrected chi connectivity index (χ1v) is 6.41. The quantitative estimate of drug-likeness (QED) is 0.906. The van der Waals surface area contributed by atoms with Gasteiger partial charge in [0, 0.05) is 30.9 Å². The molecule has 1 aromatic carbocycles. The van der Waals surface area contributed by atoms with Gasteiger partial charge in [0.05, 0.1) is 6.42 Å². The second kappa shape index (κ2) is 5.57. The molecule has 1 N–H and O–H groups in total. The molecule has 2 atom stereocenters. The second-order valence-electron chi connectivity index (χ2n) is 5.17. The van der Waals surface area contributed by atoms with E-state index in [9.17, 15) is 9.18 Å². The minimum Gasteiger partial charge on any atom is -0.481 e. The van der Waals surface area contributed by atoms with E-state index < -0.39 is 5.97 Å². The van der Waals surface area contributed by atoms with E-state index in [4.69, 9.17) is 5.11 Å². The number of carboxylic acids is 1. The molecule has 4 nitrogen and oxygen atoms in total. The highest BCUT2D eigenvalue weighted by Crippen LogP contribution is 2.24. The third-order valence-electron chi connectivity index (χ3n) is 3.67. The molecule has 1 heterocycles. The maximum atomic E-state index is 13.3. The van der Waals surface area contributed by atoms with Crippen LogP contribution in [0.2, 0.25) is 0 Å². The van der Waals surface area contributed by atoms with Crippen LogP contribution in [0.3, 0.4) is 0 Å². The molecule has 0 aromatic heterocycles. The van der Waals surface area contributed by atoms with Crippen LogP contribution in [-0.4, -0.2) is 48.2 Å². The van der Waals surface area contributed by atoms with Crippen LogP contribution in [0.1, 0.15) is 13.3 Å². The number of nitrogens with zero attached hydrogens (tertiary/aromatic N) is 2. The standard InChI is InChI=1S/C14H19FN2O2/c1-10-8-16(2)13(7-14(18)19)9-17(10)12-5-3-4-11(15)6-12/h3-6,10,13H,7-9H2,1-2H3,(H,18,19). The zero-order valence-corrected chi connectivity index (χ0v) is 11.2. The van der Waals surface area contributed by atoms with E-state index in [0.29, 0.717) is 6.54 Å². The molecule has 1 saturated heterocycles. The maximum absolute atomic E-state index is 13.3. The van der Waals surface area contributed by atoms with E-state index in [1.807, 2.05) is 13.1 Å². The number of carboxylic acid groups (broad SMARTS) is 1. The molecule has 5 heteroatoms. The van der Waals surface area contributed by atoms with E-state index in [0.717, 1.165) is 12.2 Å². The van der Waals surface area contributed by atoms with Crippen molar-refractivity contribution < 1.29 is 14.3 Å². The molecule has 0 aliphatic carbocycles. The summed E-state index contributed by atoms with van der Waals surface area (Å²) in [4.78, 5) is 15.0. The van der Waals surface area contributed by atoms with Gasteiger partial charge in [0.15, 0.2) is 0 Å². The van der Waals surface area contributed by atoms with Crippen LogP contribution >= 0.6 is 0 Å². The summed E-state index contributed by atoms with van der Waals surface area (Å²) in [6.07, 6.45) is 0.106. The fraction of sp³-hybridized carbons (Fsp3) is 0.500. The fourth-order valence-corrected chi connectivity index (χ4v) is 2.65. The lowest BCUT2D eigenvalue weighted by molar-refractivity contribution is -0.138. The largest absolute Gasteiger partial charge is 0.481 e. The predicted molar refractivity (Wildman–Crippen MR) is 71.9 cm³/mol. The summed E-state index contributed by atoms with van der Waals surface area (Å²) >= 11 is 0. The Morgan fingerprint density at radius 2 is 2.21 bits per heavy atom. The minimum atomic E-state index is -0.800. The van der Waals surface area contributed by atoms with Gasteiger partial charge in [0.25, 0.3) is 0 Å². The van der Waals surface area contributed by atoms with Crippen molar-refractivity contribution in [1.29, 1.82) is 0 Å². The molecule has 1 aliphatic heterocycles. The number of halogens is 1. The van der Waals surface area contributed by atoms with Crippen LogP contribution in [0.25, 0.3) is 0 Å². The van der Waals surface area contributed by atoms with Crippen molar-refractivity contribution in [2.45, 2.75) is 25.4 Å². The highest BCUT2D eigenvalue weighted by molar-refractivity contribution is 5.67. The summed E-state index contributed by atoms with van der Waals surface area (Å²) in [5.41, 5.74) is 0.816. The lowest BCUT2D eigenvalue weighted by Crippen LogP contribution is -2.56. The summed E-state index contributed by atoms with van der Waals surface area (Å²) in [6, 6.07) is 6.65. The molecule has 19 heavy (non-hydrogen) atoms. The second-order valence-corrected chi connectivity index (χ2v) is 5.17. The van der Waals surface area contributed by atoms with Gasteiger partial charge in [0.1, 0.15) is 5.82 Å². The van der Waals surface area contributed by atoms with Crippen LogP contribution in [0, 0.1) is 5.82 Å². The number of benzene rings is 1. The molecule has 1 aliphatic rings. The number of carbonyl (C=O) groups is 1. The van der Waals surface area contributed by atoms with Crippen molar-refractivity contribution in [2.24, 2.45) is 0 Å². The fourth-order valence-electron chi connectivity index (χ4n) is 2.65. The summed E-state index contributed by atoms with van der Waals surface area (Å²) in [7, 11) is 1.94. The molecule has 0 amide bonds. The molecule has 0 bridgehead atoms. The number of hydrogen-bond donors (Lipinski definition) is 1. The first kappa shape index (κ1) is 13.8. The minimum absolute atomic E-state index is 0.0445. The van der Waals surface area contributed by atoms with Gasteiger partial charge in [-0.25, -0.2) is 4.39 Å². The monoisotopic (exact) mass is 266 g/mol. The van der Waals surface area contributed by atoms with E-state index in [-0.39, 0.29) is 24.3 Å². The summed E-state index contributed by atoms with van der Waals surface area (Å²) < 4.78 is 13.3. The van der Waals surface area contributed by atoms with Crippen molar-refractivity contribution in [3.05, 3.63) is 30.1 Å². The van der Waals surface area contributed by atoms with Crippen molar-refractivity contribution in [1.82, 2.24) is 4.90 Å². The van der Waals surface area contributed by atoms with Crippen molar-refractivity contribution in [3.63, 3.8) is 0 Å². The average Bonchev–Trinajstić information content (AvgIpc) is 2.32. The maximum Gasteiger partial charge on any atom is 0.305 e. The van der Waals surface area contributed by atoms with E-state index in [1.165, 1.54) is 12.1 Å². The molecule has 2 unspecified atom stereocenters. The van der Waals surface area contributed by atoms with Gasteiger partial charge in [0.2, 0.25) is 0 Å². The molecule has 1 fully saturated rings.